The molecule has 0 fully saturated rings. The van der Waals surface area contributed by atoms with Gasteiger partial charge < -0.3 is 16.3 Å². The van der Waals surface area contributed by atoms with Crippen molar-refractivity contribution >= 4 is 5.84 Å². The number of oxime groups is 1. The fourth-order valence-corrected chi connectivity index (χ4v) is 1.53. The van der Waals surface area contributed by atoms with Gasteiger partial charge in [0.05, 0.1) is 0 Å². The maximum atomic E-state index is 8.70. The number of nitrogens with two attached hydrogens (primary N) is 1. The summed E-state index contributed by atoms with van der Waals surface area (Å²) in [4.78, 5) is 4.13. The highest BCUT2D eigenvalue weighted by molar-refractivity contribution is 5.96. The summed E-state index contributed by atoms with van der Waals surface area (Å²) in [5, 5.41) is 15.1. The van der Waals surface area contributed by atoms with E-state index in [-0.39, 0.29) is 5.84 Å². The molecule has 0 amide bonds. The number of hydrogen-bond acceptors (Lipinski definition) is 4. The van der Waals surface area contributed by atoms with Crippen molar-refractivity contribution in [1.29, 1.82) is 0 Å². The molecule has 4 N–H and O–H groups in total. The zero-order chi connectivity index (χ0) is 13.5. The first-order valence-corrected chi connectivity index (χ1v) is 6.18. The van der Waals surface area contributed by atoms with Crippen LogP contribution < -0.4 is 11.1 Å². The Morgan fingerprint density at radius 3 is 2.83 bits per heavy atom. The maximum absolute atomic E-state index is 8.70. The van der Waals surface area contributed by atoms with Crippen molar-refractivity contribution in [2.24, 2.45) is 22.7 Å². The van der Waals surface area contributed by atoms with E-state index < -0.39 is 0 Å². The standard InChI is InChI=1S/C13H22N4O/c1-9(2)10(3)7-15-8-11-5-4-6-16-12(11)13(14)17-18/h4-6,9-10,15,18H,7-8H2,1-3H3,(H2,14,17). The second kappa shape index (κ2) is 6.96. The van der Waals surface area contributed by atoms with E-state index in [9.17, 15) is 0 Å². The molecule has 18 heavy (non-hydrogen) atoms. The summed E-state index contributed by atoms with van der Waals surface area (Å²) in [5.41, 5.74) is 7.05. The van der Waals surface area contributed by atoms with Crippen molar-refractivity contribution in [3.8, 4) is 0 Å². The zero-order valence-corrected chi connectivity index (χ0v) is 11.2. The van der Waals surface area contributed by atoms with Gasteiger partial charge in [-0.1, -0.05) is 32.0 Å². The minimum Gasteiger partial charge on any atom is -0.409 e. The lowest BCUT2D eigenvalue weighted by molar-refractivity contribution is 0.318. The molecule has 0 aliphatic rings. The average Bonchev–Trinajstić information content (AvgIpc) is 2.38. The molecule has 0 saturated heterocycles. The highest BCUT2D eigenvalue weighted by Gasteiger charge is 2.09. The lowest BCUT2D eigenvalue weighted by Gasteiger charge is -2.16. The number of nitrogens with zero attached hydrogens (tertiary/aromatic N) is 2. The monoisotopic (exact) mass is 250 g/mol. The van der Waals surface area contributed by atoms with E-state index in [2.05, 4.69) is 36.2 Å². The molecule has 5 nitrogen and oxygen atoms in total. The number of amidine groups is 1. The van der Waals surface area contributed by atoms with Crippen LogP contribution in [-0.2, 0) is 6.54 Å². The predicted octanol–water partition coefficient (Wildman–Crippen LogP) is 1.56. The zero-order valence-electron chi connectivity index (χ0n) is 11.2. The molecule has 5 heteroatoms. The van der Waals surface area contributed by atoms with Crippen molar-refractivity contribution in [2.75, 3.05) is 6.54 Å². The molecule has 0 bridgehead atoms. The van der Waals surface area contributed by atoms with E-state index in [1.807, 2.05) is 12.1 Å². The maximum Gasteiger partial charge on any atom is 0.189 e. The van der Waals surface area contributed by atoms with E-state index in [1.165, 1.54) is 0 Å². The van der Waals surface area contributed by atoms with Crippen molar-refractivity contribution < 1.29 is 5.21 Å². The fourth-order valence-electron chi connectivity index (χ4n) is 1.53. The highest BCUT2D eigenvalue weighted by atomic mass is 16.4. The second-order valence-corrected chi connectivity index (χ2v) is 4.85. The fraction of sp³-hybridized carbons (Fsp3) is 0.538. The molecule has 1 atom stereocenters. The van der Waals surface area contributed by atoms with Gasteiger partial charge in [0.2, 0.25) is 0 Å². The van der Waals surface area contributed by atoms with Gasteiger partial charge in [0, 0.05) is 12.7 Å². The Labute approximate surface area is 108 Å². The number of rotatable bonds is 6. The first-order chi connectivity index (χ1) is 8.56. The van der Waals surface area contributed by atoms with Crippen molar-refractivity contribution in [3.05, 3.63) is 29.6 Å². The summed E-state index contributed by atoms with van der Waals surface area (Å²) in [7, 11) is 0. The third kappa shape index (κ3) is 4.00. The van der Waals surface area contributed by atoms with E-state index in [4.69, 9.17) is 10.9 Å². The smallest absolute Gasteiger partial charge is 0.189 e. The molecule has 1 aromatic heterocycles. The van der Waals surface area contributed by atoms with Crippen LogP contribution in [0.5, 0.6) is 0 Å². The Morgan fingerprint density at radius 2 is 2.22 bits per heavy atom. The SMILES string of the molecule is CC(C)C(C)CNCc1cccnc1C(N)=NO. The lowest BCUT2D eigenvalue weighted by atomic mass is 9.98. The Morgan fingerprint density at radius 1 is 1.50 bits per heavy atom. The number of hydrogen-bond donors (Lipinski definition) is 3. The van der Waals surface area contributed by atoms with Gasteiger partial charge in [-0.05, 0) is 30.0 Å². The molecule has 0 spiro atoms. The van der Waals surface area contributed by atoms with Crippen LogP contribution in [0.2, 0.25) is 0 Å². The van der Waals surface area contributed by atoms with Gasteiger partial charge in [-0.15, -0.1) is 0 Å². The van der Waals surface area contributed by atoms with Crippen LogP contribution >= 0.6 is 0 Å². The van der Waals surface area contributed by atoms with E-state index in [0.717, 1.165) is 12.1 Å². The molecule has 0 aliphatic heterocycles. The predicted molar refractivity (Wildman–Crippen MR) is 72.5 cm³/mol. The van der Waals surface area contributed by atoms with E-state index in [1.54, 1.807) is 6.20 Å². The molecule has 0 radical (unpaired) electrons. The molecule has 1 heterocycles. The Hall–Kier alpha value is -1.62. The number of pyridine rings is 1. The van der Waals surface area contributed by atoms with Crippen molar-refractivity contribution in [3.63, 3.8) is 0 Å². The van der Waals surface area contributed by atoms with Gasteiger partial charge in [0.15, 0.2) is 5.84 Å². The molecule has 0 aliphatic carbocycles. The van der Waals surface area contributed by atoms with E-state index >= 15 is 0 Å². The third-order valence-corrected chi connectivity index (χ3v) is 3.16. The summed E-state index contributed by atoms with van der Waals surface area (Å²) in [6.45, 7) is 8.22. The first-order valence-electron chi connectivity index (χ1n) is 6.18. The van der Waals surface area contributed by atoms with Crippen molar-refractivity contribution in [2.45, 2.75) is 27.3 Å². The largest absolute Gasteiger partial charge is 0.409 e. The molecule has 100 valence electrons. The van der Waals surface area contributed by atoms with Gasteiger partial charge in [-0.3, -0.25) is 4.98 Å². The second-order valence-electron chi connectivity index (χ2n) is 4.85. The van der Waals surface area contributed by atoms with Gasteiger partial charge in [-0.2, -0.15) is 0 Å². The molecular formula is C13H22N4O. The van der Waals surface area contributed by atoms with Gasteiger partial charge in [0.1, 0.15) is 5.69 Å². The minimum atomic E-state index is 0.0457. The van der Waals surface area contributed by atoms with Crippen LogP contribution in [0.1, 0.15) is 32.0 Å². The van der Waals surface area contributed by atoms with Crippen LogP contribution in [0.15, 0.2) is 23.5 Å². The van der Waals surface area contributed by atoms with Gasteiger partial charge in [-0.25, -0.2) is 0 Å². The molecule has 0 aromatic carbocycles. The summed E-state index contributed by atoms with van der Waals surface area (Å²) >= 11 is 0. The molecule has 0 saturated carbocycles. The van der Waals surface area contributed by atoms with Crippen LogP contribution in [0.25, 0.3) is 0 Å². The topological polar surface area (TPSA) is 83.5 Å². The van der Waals surface area contributed by atoms with Gasteiger partial charge >= 0.3 is 0 Å². The number of aromatic nitrogens is 1. The van der Waals surface area contributed by atoms with Crippen LogP contribution in [-0.4, -0.2) is 22.6 Å². The van der Waals surface area contributed by atoms with Crippen LogP contribution in [0, 0.1) is 11.8 Å². The minimum absolute atomic E-state index is 0.0457. The Kier molecular flexibility index (Phi) is 5.58. The van der Waals surface area contributed by atoms with Gasteiger partial charge in [0.25, 0.3) is 0 Å². The Bertz CT molecular complexity index is 404. The molecule has 1 rings (SSSR count). The Balaban J connectivity index is 2.62. The van der Waals surface area contributed by atoms with Crippen LogP contribution in [0.4, 0.5) is 0 Å². The third-order valence-electron chi connectivity index (χ3n) is 3.16. The van der Waals surface area contributed by atoms with Crippen LogP contribution in [0.3, 0.4) is 0 Å². The van der Waals surface area contributed by atoms with E-state index in [0.29, 0.717) is 24.1 Å². The summed E-state index contributed by atoms with van der Waals surface area (Å²) in [6.07, 6.45) is 1.63. The van der Waals surface area contributed by atoms with Crippen molar-refractivity contribution in [1.82, 2.24) is 10.3 Å². The first kappa shape index (κ1) is 14.4. The highest BCUT2D eigenvalue weighted by Crippen LogP contribution is 2.09. The molecule has 1 aromatic rings. The molecule has 1 unspecified atom stereocenters. The quantitative estimate of drug-likeness (QED) is 0.309. The summed E-state index contributed by atoms with van der Waals surface area (Å²) in [5.74, 6) is 1.30. The molecular weight excluding hydrogens is 228 g/mol. The summed E-state index contributed by atoms with van der Waals surface area (Å²) < 4.78 is 0. The lowest BCUT2D eigenvalue weighted by Crippen LogP contribution is -2.26. The normalized spacial score (nSPS) is 13.9. The number of nitrogens with one attached hydrogen (secondary N) is 1. The average molecular weight is 250 g/mol. The summed E-state index contributed by atoms with van der Waals surface area (Å²) in [6, 6.07) is 3.77.